The molecule has 7 nitrogen and oxygen atoms in total. The highest BCUT2D eigenvalue weighted by Crippen LogP contribution is 2.50. The third-order valence-corrected chi connectivity index (χ3v) is 33.6. The summed E-state index contributed by atoms with van der Waals surface area (Å²) in [5.41, 5.74) is -3.66. The van der Waals surface area contributed by atoms with Crippen molar-refractivity contribution in [3.05, 3.63) is 0 Å². The summed E-state index contributed by atoms with van der Waals surface area (Å²) in [6.45, 7) is 72.7. The van der Waals surface area contributed by atoms with E-state index < -0.39 is 34.1 Å². The Bertz CT molecular complexity index is 2600. The summed E-state index contributed by atoms with van der Waals surface area (Å²) in [6.07, 6.45) is 71.2. The zero-order valence-electron chi connectivity index (χ0n) is 92.2. The fraction of sp³-hybridized carbons (Fsp3) is 1.00. The van der Waals surface area contributed by atoms with Crippen LogP contribution in [0.3, 0.4) is 0 Å². The number of aliphatic hydroxyl groups is 2. The van der Waals surface area contributed by atoms with E-state index in [0.717, 1.165) is 193 Å². The van der Waals surface area contributed by atoms with E-state index in [-0.39, 0.29) is 36.1 Å². The molecule has 0 bridgehead atoms. The molecule has 0 aliphatic carbocycles. The van der Waals surface area contributed by atoms with Crippen molar-refractivity contribution in [3.8, 4) is 0 Å². The van der Waals surface area contributed by atoms with E-state index in [9.17, 15) is 10.2 Å². The topological polar surface area (TPSA) is 89.9 Å². The molecule has 0 aromatic carbocycles. The standard InChI is InChI=1S/C120H236O7/c1-91(2)49-31-55-97(13)61-37-67-103(19)73-43-85-115(25,122)110-81-82-111(123-110)119(29,89-47-77-107(23)71-41-65-101(17)59-35-53-95(9)10)127-120(30,90-48-78-108(24)72-42-66-102(18)60-36-54-96(11)12)113-84-83-112(124-113)118(28,88-46-76-106(22)70-40-64-100(16)58-34-52-94(7)8)126-116(26,86-44-74-104(20)68-38-62-98(14)56-32-50-92(3)4)109(121)79-80-114-117(27,125-114)87-45-75-105(21)69-39-63-99(15)57-33-51-93(5)6/h91-114,121-122H,31-90H2,1-30H3/t97-,98-,99-,100-,101-,102-,103-,104-,105-,106-,107-,108-,109?,110-,111-,112-,113-,114?,115?,116?,117?,118?,119?,120?/m1/s1. The second kappa shape index (κ2) is 65.6. The number of hydrogen-bond donors (Lipinski definition) is 2. The summed E-state index contributed by atoms with van der Waals surface area (Å²) >= 11 is 0. The Morgan fingerprint density at radius 1 is 0.260 bits per heavy atom. The Morgan fingerprint density at radius 2 is 0.465 bits per heavy atom. The maximum Gasteiger partial charge on any atom is 0.0923 e. The molecule has 0 aromatic rings. The molecule has 0 amide bonds. The quantitative estimate of drug-likeness (QED) is 0.0587. The van der Waals surface area contributed by atoms with Crippen molar-refractivity contribution in [3.63, 3.8) is 0 Å². The van der Waals surface area contributed by atoms with Gasteiger partial charge in [0.2, 0.25) is 0 Å². The molecule has 0 radical (unpaired) electrons. The zero-order chi connectivity index (χ0) is 94.8. The van der Waals surface area contributed by atoms with Crippen molar-refractivity contribution in [2.45, 2.75) is 663 Å². The van der Waals surface area contributed by atoms with Crippen LogP contribution >= 0.6 is 0 Å². The van der Waals surface area contributed by atoms with Gasteiger partial charge in [-0.3, -0.25) is 0 Å². The van der Waals surface area contributed by atoms with E-state index in [1.165, 1.54) is 263 Å². The van der Waals surface area contributed by atoms with Gasteiger partial charge in [0.05, 0.1) is 70.2 Å². The first-order valence-electron chi connectivity index (χ1n) is 57.6. The Hall–Kier alpha value is -0.280. The molecule has 2 N–H and O–H groups in total. The van der Waals surface area contributed by atoms with E-state index in [4.69, 9.17) is 23.7 Å². The Morgan fingerprint density at radius 3 is 0.724 bits per heavy atom. The van der Waals surface area contributed by atoms with E-state index in [1.807, 2.05) is 0 Å². The molecule has 127 heavy (non-hydrogen) atoms. The van der Waals surface area contributed by atoms with Gasteiger partial charge < -0.3 is 33.9 Å². The van der Waals surface area contributed by atoms with Crippen molar-refractivity contribution < 1.29 is 33.9 Å². The van der Waals surface area contributed by atoms with Gasteiger partial charge in [0.1, 0.15) is 0 Å². The second-order valence-electron chi connectivity index (χ2n) is 51.4. The van der Waals surface area contributed by atoms with Gasteiger partial charge in [-0.2, -0.15) is 0 Å². The molecule has 758 valence electrons. The second-order valence-corrected chi connectivity index (χ2v) is 51.4. The van der Waals surface area contributed by atoms with Crippen LogP contribution < -0.4 is 0 Å². The van der Waals surface area contributed by atoms with Gasteiger partial charge in [0.25, 0.3) is 0 Å². The third kappa shape index (κ3) is 54.6. The molecule has 3 fully saturated rings. The van der Waals surface area contributed by atoms with Crippen LogP contribution in [0.4, 0.5) is 0 Å². The lowest BCUT2D eigenvalue weighted by molar-refractivity contribution is -0.263. The van der Waals surface area contributed by atoms with E-state index in [2.05, 4.69) is 208 Å². The van der Waals surface area contributed by atoms with Gasteiger partial charge in [-0.05, 0) is 225 Å². The highest BCUT2D eigenvalue weighted by molar-refractivity contribution is 5.05. The van der Waals surface area contributed by atoms with Gasteiger partial charge in [-0.25, -0.2) is 0 Å². The molecule has 0 saturated carbocycles. The number of ether oxygens (including phenoxy) is 5. The van der Waals surface area contributed by atoms with E-state index in [0.29, 0.717) is 36.0 Å². The van der Waals surface area contributed by atoms with Crippen molar-refractivity contribution in [2.75, 3.05) is 0 Å². The minimum absolute atomic E-state index is 0.112. The lowest BCUT2D eigenvalue weighted by Crippen LogP contribution is -2.56. The number of epoxide rings is 1. The predicted molar refractivity (Wildman–Crippen MR) is 559 cm³/mol. The highest BCUT2D eigenvalue weighted by atomic mass is 16.6. The predicted octanol–water partition coefficient (Wildman–Crippen LogP) is 37.8. The molecule has 3 aliphatic heterocycles. The first-order chi connectivity index (χ1) is 59.8. The minimum atomic E-state index is -0.914. The van der Waals surface area contributed by atoms with Crippen molar-refractivity contribution in [2.24, 2.45) is 107 Å². The highest BCUT2D eigenvalue weighted by Gasteiger charge is 2.56. The molecule has 3 aliphatic rings. The van der Waals surface area contributed by atoms with Crippen LogP contribution in [0, 0.1) is 107 Å². The van der Waals surface area contributed by atoms with Gasteiger partial charge >= 0.3 is 0 Å². The number of aliphatic hydroxyl groups excluding tert-OH is 1. The summed E-state index contributed by atoms with van der Waals surface area (Å²) in [6, 6.07) is 0. The minimum Gasteiger partial charge on any atom is -0.390 e. The fourth-order valence-electron chi connectivity index (χ4n) is 23.6. The molecule has 3 rings (SSSR count). The first-order valence-corrected chi connectivity index (χ1v) is 57.6. The third-order valence-electron chi connectivity index (χ3n) is 33.6. The maximum absolute atomic E-state index is 13.4. The zero-order valence-corrected chi connectivity index (χ0v) is 92.2. The van der Waals surface area contributed by atoms with Crippen molar-refractivity contribution in [1.29, 1.82) is 0 Å². The smallest absolute Gasteiger partial charge is 0.0923 e. The van der Waals surface area contributed by atoms with Gasteiger partial charge in [0.15, 0.2) is 0 Å². The Kier molecular flexibility index (Phi) is 62.4. The summed E-state index contributed by atoms with van der Waals surface area (Å²) in [7, 11) is 0. The molecule has 8 unspecified atom stereocenters. The van der Waals surface area contributed by atoms with Gasteiger partial charge in [-0.15, -0.1) is 0 Å². The maximum atomic E-state index is 13.4. The summed E-state index contributed by atoms with van der Waals surface area (Å²) in [4.78, 5) is 0. The van der Waals surface area contributed by atoms with Crippen LogP contribution in [-0.4, -0.2) is 80.4 Å². The number of hydrogen-bond acceptors (Lipinski definition) is 7. The van der Waals surface area contributed by atoms with Crippen LogP contribution in [0.25, 0.3) is 0 Å². The summed E-state index contributed by atoms with van der Waals surface area (Å²) < 4.78 is 39.1. The molecular formula is C120H236O7. The van der Waals surface area contributed by atoms with Crippen LogP contribution in [0.15, 0.2) is 0 Å². The lowest BCUT2D eigenvalue weighted by atomic mass is 9.82. The van der Waals surface area contributed by atoms with Crippen LogP contribution in [0.2, 0.25) is 0 Å². The Labute approximate surface area is 798 Å². The van der Waals surface area contributed by atoms with Crippen molar-refractivity contribution >= 4 is 0 Å². The van der Waals surface area contributed by atoms with Crippen molar-refractivity contribution in [1.82, 2.24) is 0 Å². The molecule has 0 aromatic heterocycles. The number of rotatable bonds is 84. The molecule has 0 spiro atoms. The monoisotopic (exact) mass is 1790 g/mol. The van der Waals surface area contributed by atoms with Gasteiger partial charge in [0, 0.05) is 0 Å². The summed E-state index contributed by atoms with van der Waals surface area (Å²) in [5.74, 6) is 13.5. The lowest BCUT2D eigenvalue weighted by Gasteiger charge is -2.48. The van der Waals surface area contributed by atoms with E-state index in [1.54, 1.807) is 0 Å². The average Bonchev–Trinajstić information content (AvgIpc) is 1.63. The summed E-state index contributed by atoms with van der Waals surface area (Å²) in [5, 5.41) is 26.2. The molecule has 3 saturated heterocycles. The largest absolute Gasteiger partial charge is 0.390 e. The van der Waals surface area contributed by atoms with Crippen LogP contribution in [0.1, 0.15) is 593 Å². The molecule has 7 heteroatoms. The molecule has 24 atom stereocenters. The van der Waals surface area contributed by atoms with E-state index >= 15 is 0 Å². The SMILES string of the molecule is CC(C)CCC[C@@H](C)CCC[C@@H](C)CCCC(C)(OC(C)(CCC[C@H](C)CCC[C@H](C)CCCC(C)C)[C@H]1CC[C@H](C(C)(CCC[C@H](C)CCC[C@H](C)CCCC(C)C)OC(C)(CCC[C@H](C)CCC[C@H](C)CCCC(C)C)[C@H]2CC[C@H](C(C)(O)CCC[C@H](C)CCC[C@H](C)CCCC(C)C)O2)O1)C(O)CCC1OC1(C)CCC[C@H](C)CCC[C@H](C)CCCC(C)C. The molecule has 3 heterocycles. The first kappa shape index (κ1) is 121. The fourth-order valence-corrected chi connectivity index (χ4v) is 23.6. The normalized spacial score (nSPS) is 23.9. The van der Waals surface area contributed by atoms with Crippen LogP contribution in [0.5, 0.6) is 0 Å². The Balaban J connectivity index is 2.15. The average molecular weight is 1790 g/mol. The van der Waals surface area contributed by atoms with Crippen LogP contribution in [-0.2, 0) is 23.7 Å². The molecular weight excluding hydrogens is 1550 g/mol. The van der Waals surface area contributed by atoms with Gasteiger partial charge in [-0.1, -0.05) is 474 Å².